The van der Waals surface area contributed by atoms with E-state index in [1.165, 1.54) is 0 Å². The summed E-state index contributed by atoms with van der Waals surface area (Å²) in [7, 11) is 1.67. The molecule has 0 saturated carbocycles. The van der Waals surface area contributed by atoms with Crippen LogP contribution in [-0.4, -0.2) is 22.3 Å². The standard InChI is InChI=1S/C20H18N4OS/c1-13-10-19(24-23-13)21-18-11-14-6-3-4-9-17(14)20(22-18)26-16-8-5-7-15(12-16)25-2/h3-12H,1-2H3,(H2,21,22,23,24). The summed E-state index contributed by atoms with van der Waals surface area (Å²) in [5.74, 6) is 2.35. The Balaban J connectivity index is 1.74. The minimum absolute atomic E-state index is 0.752. The average Bonchev–Trinajstić information content (AvgIpc) is 3.06. The third kappa shape index (κ3) is 3.50. The Kier molecular flexibility index (Phi) is 4.50. The number of nitrogens with one attached hydrogen (secondary N) is 2. The first-order valence-electron chi connectivity index (χ1n) is 8.22. The molecule has 2 aromatic carbocycles. The molecule has 2 heterocycles. The molecule has 0 fully saturated rings. The number of aromatic nitrogens is 3. The van der Waals surface area contributed by atoms with Gasteiger partial charge in [0.15, 0.2) is 5.82 Å². The van der Waals surface area contributed by atoms with Gasteiger partial charge in [-0.25, -0.2) is 4.98 Å². The molecule has 0 spiro atoms. The lowest BCUT2D eigenvalue weighted by atomic mass is 10.2. The van der Waals surface area contributed by atoms with Gasteiger partial charge in [0.1, 0.15) is 16.6 Å². The second-order valence-electron chi connectivity index (χ2n) is 5.88. The molecule has 0 bridgehead atoms. The summed E-state index contributed by atoms with van der Waals surface area (Å²) in [4.78, 5) is 5.89. The van der Waals surface area contributed by atoms with Gasteiger partial charge >= 0.3 is 0 Å². The summed E-state index contributed by atoms with van der Waals surface area (Å²) in [5.41, 5.74) is 0.999. The summed E-state index contributed by atoms with van der Waals surface area (Å²) < 4.78 is 5.33. The quantitative estimate of drug-likeness (QED) is 0.513. The van der Waals surface area contributed by atoms with Crippen molar-refractivity contribution in [3.63, 3.8) is 0 Å². The maximum absolute atomic E-state index is 5.33. The van der Waals surface area contributed by atoms with Gasteiger partial charge in [-0.05, 0) is 36.6 Å². The maximum atomic E-state index is 5.33. The zero-order valence-corrected chi connectivity index (χ0v) is 15.3. The Hall–Kier alpha value is -2.99. The van der Waals surface area contributed by atoms with E-state index in [0.717, 1.165) is 43.8 Å². The average molecular weight is 362 g/mol. The van der Waals surface area contributed by atoms with E-state index >= 15 is 0 Å². The molecule has 26 heavy (non-hydrogen) atoms. The fourth-order valence-corrected chi connectivity index (χ4v) is 3.68. The van der Waals surface area contributed by atoms with Crippen LogP contribution in [0.3, 0.4) is 0 Å². The van der Waals surface area contributed by atoms with E-state index in [1.54, 1.807) is 18.9 Å². The summed E-state index contributed by atoms with van der Waals surface area (Å²) in [6.07, 6.45) is 0. The SMILES string of the molecule is COc1cccc(Sc2nc(Nc3cc(C)[nH]n3)cc3ccccc23)c1. The first-order chi connectivity index (χ1) is 12.7. The van der Waals surface area contributed by atoms with E-state index in [9.17, 15) is 0 Å². The predicted octanol–water partition coefficient (Wildman–Crippen LogP) is 5.17. The van der Waals surface area contributed by atoms with Crippen molar-refractivity contribution in [1.29, 1.82) is 0 Å². The number of aryl methyl sites for hydroxylation is 1. The van der Waals surface area contributed by atoms with Crippen LogP contribution in [0, 0.1) is 6.92 Å². The third-order valence-corrected chi connectivity index (χ3v) is 4.92. The largest absolute Gasteiger partial charge is 0.497 e. The molecule has 0 radical (unpaired) electrons. The van der Waals surface area contributed by atoms with Gasteiger partial charge in [0.2, 0.25) is 0 Å². The van der Waals surface area contributed by atoms with E-state index in [1.807, 2.05) is 49.4 Å². The Morgan fingerprint density at radius 1 is 1.00 bits per heavy atom. The van der Waals surface area contributed by atoms with Crippen molar-refractivity contribution in [3.05, 3.63) is 66.4 Å². The molecule has 0 aliphatic rings. The van der Waals surface area contributed by atoms with Crippen LogP contribution in [0.1, 0.15) is 5.69 Å². The fourth-order valence-electron chi connectivity index (χ4n) is 2.70. The van der Waals surface area contributed by atoms with Gasteiger partial charge in [-0.3, -0.25) is 5.10 Å². The normalized spacial score (nSPS) is 10.8. The van der Waals surface area contributed by atoms with Crippen molar-refractivity contribution >= 4 is 34.2 Å². The van der Waals surface area contributed by atoms with Crippen LogP contribution in [-0.2, 0) is 0 Å². The predicted molar refractivity (Wildman–Crippen MR) is 105 cm³/mol. The van der Waals surface area contributed by atoms with Gasteiger partial charge in [-0.15, -0.1) is 0 Å². The highest BCUT2D eigenvalue weighted by molar-refractivity contribution is 7.99. The Morgan fingerprint density at radius 2 is 1.88 bits per heavy atom. The van der Waals surface area contributed by atoms with Crippen molar-refractivity contribution in [1.82, 2.24) is 15.2 Å². The van der Waals surface area contributed by atoms with Crippen molar-refractivity contribution in [2.45, 2.75) is 16.8 Å². The zero-order chi connectivity index (χ0) is 17.9. The molecule has 6 heteroatoms. The number of fused-ring (bicyclic) bond motifs is 1. The summed E-state index contributed by atoms with van der Waals surface area (Å²) >= 11 is 1.62. The van der Waals surface area contributed by atoms with Crippen molar-refractivity contribution in [2.24, 2.45) is 0 Å². The van der Waals surface area contributed by atoms with Gasteiger partial charge in [0.25, 0.3) is 0 Å². The molecular weight excluding hydrogens is 344 g/mol. The van der Waals surface area contributed by atoms with Gasteiger partial charge in [-0.2, -0.15) is 5.10 Å². The summed E-state index contributed by atoms with van der Waals surface area (Å²) in [6, 6.07) is 20.2. The molecule has 2 aromatic heterocycles. The summed E-state index contributed by atoms with van der Waals surface area (Å²) in [6.45, 7) is 1.97. The molecular formula is C20H18N4OS. The van der Waals surface area contributed by atoms with Crippen LogP contribution in [0.15, 0.2) is 70.6 Å². The van der Waals surface area contributed by atoms with E-state index in [4.69, 9.17) is 9.72 Å². The Bertz CT molecular complexity index is 1060. The van der Waals surface area contributed by atoms with Gasteiger partial charge in [0, 0.05) is 22.0 Å². The molecule has 0 amide bonds. The second kappa shape index (κ2) is 7.09. The highest BCUT2D eigenvalue weighted by Gasteiger charge is 2.09. The number of ether oxygens (including phenoxy) is 1. The highest BCUT2D eigenvalue weighted by Crippen LogP contribution is 2.35. The maximum Gasteiger partial charge on any atom is 0.153 e. The number of rotatable bonds is 5. The number of hydrogen-bond donors (Lipinski definition) is 2. The molecule has 5 nitrogen and oxygen atoms in total. The molecule has 0 atom stereocenters. The zero-order valence-electron chi connectivity index (χ0n) is 14.5. The number of aromatic amines is 1. The lowest BCUT2D eigenvalue weighted by Gasteiger charge is -2.10. The van der Waals surface area contributed by atoms with Crippen molar-refractivity contribution < 1.29 is 4.74 Å². The molecule has 2 N–H and O–H groups in total. The van der Waals surface area contributed by atoms with Crippen LogP contribution in [0.25, 0.3) is 10.8 Å². The second-order valence-corrected chi connectivity index (χ2v) is 6.94. The minimum Gasteiger partial charge on any atom is -0.497 e. The third-order valence-electron chi connectivity index (χ3n) is 3.92. The van der Waals surface area contributed by atoms with E-state index in [0.29, 0.717) is 0 Å². The van der Waals surface area contributed by atoms with Gasteiger partial charge < -0.3 is 10.1 Å². The fraction of sp³-hybridized carbons (Fsp3) is 0.100. The lowest BCUT2D eigenvalue weighted by Crippen LogP contribution is -1.96. The number of H-pyrrole nitrogens is 1. The smallest absolute Gasteiger partial charge is 0.153 e. The van der Waals surface area contributed by atoms with E-state index in [2.05, 4.69) is 33.7 Å². The monoisotopic (exact) mass is 362 g/mol. The van der Waals surface area contributed by atoms with E-state index in [-0.39, 0.29) is 0 Å². The molecule has 0 aliphatic carbocycles. The number of methoxy groups -OCH3 is 1. The first-order valence-corrected chi connectivity index (χ1v) is 9.03. The topological polar surface area (TPSA) is 62.8 Å². The van der Waals surface area contributed by atoms with Gasteiger partial charge in [0.05, 0.1) is 7.11 Å². The highest BCUT2D eigenvalue weighted by atomic mass is 32.2. The molecule has 130 valence electrons. The molecule has 0 unspecified atom stereocenters. The van der Waals surface area contributed by atoms with Crippen LogP contribution < -0.4 is 10.1 Å². The number of pyridine rings is 1. The number of hydrogen-bond acceptors (Lipinski definition) is 5. The molecule has 4 aromatic rings. The number of nitrogens with zero attached hydrogens (tertiary/aromatic N) is 2. The van der Waals surface area contributed by atoms with Gasteiger partial charge in [-0.1, -0.05) is 42.1 Å². The molecule has 0 aliphatic heterocycles. The number of benzene rings is 2. The minimum atomic E-state index is 0.752. The van der Waals surface area contributed by atoms with Crippen molar-refractivity contribution in [3.8, 4) is 5.75 Å². The molecule has 0 saturated heterocycles. The molecule has 4 rings (SSSR count). The van der Waals surface area contributed by atoms with Crippen LogP contribution in [0.5, 0.6) is 5.75 Å². The Labute approximate surface area is 155 Å². The van der Waals surface area contributed by atoms with Crippen LogP contribution in [0.4, 0.5) is 11.6 Å². The first kappa shape index (κ1) is 16.5. The van der Waals surface area contributed by atoms with Crippen molar-refractivity contribution in [2.75, 3.05) is 12.4 Å². The summed E-state index contributed by atoms with van der Waals surface area (Å²) in [5, 5.41) is 13.6. The van der Waals surface area contributed by atoms with E-state index < -0.39 is 0 Å². The van der Waals surface area contributed by atoms with Crippen LogP contribution in [0.2, 0.25) is 0 Å². The van der Waals surface area contributed by atoms with Crippen LogP contribution >= 0.6 is 11.8 Å². The Morgan fingerprint density at radius 3 is 2.69 bits per heavy atom. The number of anilines is 2. The lowest BCUT2D eigenvalue weighted by molar-refractivity contribution is 0.413.